The van der Waals surface area contributed by atoms with Gasteiger partial charge in [0.2, 0.25) is 0 Å². The summed E-state index contributed by atoms with van der Waals surface area (Å²) in [7, 11) is 1.84. The molecule has 0 aliphatic rings. The van der Waals surface area contributed by atoms with Crippen LogP contribution in [0.25, 0.3) is 0 Å². The van der Waals surface area contributed by atoms with Gasteiger partial charge >= 0.3 is 0 Å². The molecule has 2 aromatic carbocycles. The fourth-order valence-electron chi connectivity index (χ4n) is 2.01. The van der Waals surface area contributed by atoms with Crippen molar-refractivity contribution in [2.75, 3.05) is 7.05 Å². The number of nitrogens with one attached hydrogen (secondary N) is 1. The highest BCUT2D eigenvalue weighted by atomic mass is 35.5. The van der Waals surface area contributed by atoms with Crippen molar-refractivity contribution in [2.24, 2.45) is 0 Å². The van der Waals surface area contributed by atoms with Crippen molar-refractivity contribution in [3.63, 3.8) is 0 Å². The molecule has 19 heavy (non-hydrogen) atoms. The molecule has 0 heterocycles. The molecule has 1 atom stereocenters. The molecular formula is C15H14Cl2FN. The molecule has 0 aliphatic heterocycles. The minimum Gasteiger partial charge on any atom is -0.313 e. The Labute approximate surface area is 122 Å². The molecule has 2 aromatic rings. The highest BCUT2D eigenvalue weighted by molar-refractivity contribution is 6.31. The van der Waals surface area contributed by atoms with Gasteiger partial charge in [-0.2, -0.15) is 0 Å². The lowest BCUT2D eigenvalue weighted by Gasteiger charge is -2.18. The normalized spacial score (nSPS) is 12.4. The van der Waals surface area contributed by atoms with Crippen LogP contribution in [0.15, 0.2) is 42.5 Å². The second-order valence-electron chi connectivity index (χ2n) is 4.34. The lowest BCUT2D eigenvalue weighted by molar-refractivity contribution is 0.577. The summed E-state index contributed by atoms with van der Waals surface area (Å²) < 4.78 is 13.3. The van der Waals surface area contributed by atoms with Gasteiger partial charge in [-0.25, -0.2) is 4.39 Å². The Morgan fingerprint density at radius 3 is 2.42 bits per heavy atom. The summed E-state index contributed by atoms with van der Waals surface area (Å²) in [6.45, 7) is 0. The third-order valence-electron chi connectivity index (χ3n) is 3.04. The van der Waals surface area contributed by atoms with E-state index in [4.69, 9.17) is 23.2 Å². The summed E-state index contributed by atoms with van der Waals surface area (Å²) in [5.74, 6) is -0.282. The molecule has 0 saturated heterocycles. The Hall–Kier alpha value is -1.09. The van der Waals surface area contributed by atoms with Gasteiger partial charge in [0.1, 0.15) is 5.82 Å². The molecule has 0 bridgehead atoms. The Morgan fingerprint density at radius 2 is 1.79 bits per heavy atom. The fourth-order valence-corrected chi connectivity index (χ4v) is 2.38. The Bertz CT molecular complexity index is 555. The van der Waals surface area contributed by atoms with Crippen molar-refractivity contribution in [1.29, 1.82) is 0 Å². The second-order valence-corrected chi connectivity index (χ2v) is 5.18. The highest BCUT2D eigenvalue weighted by Crippen LogP contribution is 2.26. The van der Waals surface area contributed by atoms with Gasteiger partial charge in [0.05, 0.1) is 0 Å². The molecule has 2 rings (SSSR count). The monoisotopic (exact) mass is 297 g/mol. The van der Waals surface area contributed by atoms with Gasteiger partial charge in [0.25, 0.3) is 0 Å². The van der Waals surface area contributed by atoms with E-state index < -0.39 is 0 Å². The third-order valence-corrected chi connectivity index (χ3v) is 3.63. The predicted octanol–water partition coefficient (Wildman–Crippen LogP) is 4.64. The van der Waals surface area contributed by atoms with Gasteiger partial charge in [-0.1, -0.05) is 35.3 Å². The van der Waals surface area contributed by atoms with Gasteiger partial charge in [0.15, 0.2) is 0 Å². The van der Waals surface area contributed by atoms with E-state index in [-0.39, 0.29) is 11.9 Å². The van der Waals surface area contributed by atoms with E-state index in [1.165, 1.54) is 12.1 Å². The quantitative estimate of drug-likeness (QED) is 0.867. The van der Waals surface area contributed by atoms with Crippen LogP contribution in [-0.2, 0) is 6.42 Å². The van der Waals surface area contributed by atoms with Crippen LogP contribution in [0.3, 0.4) is 0 Å². The summed E-state index contributed by atoms with van der Waals surface area (Å²) >= 11 is 12.0. The first-order valence-electron chi connectivity index (χ1n) is 5.97. The maximum Gasteiger partial charge on any atom is 0.123 e. The first-order valence-corrected chi connectivity index (χ1v) is 6.72. The number of halogens is 3. The minimum atomic E-state index is -0.282. The van der Waals surface area contributed by atoms with Crippen LogP contribution in [0.2, 0.25) is 10.0 Å². The molecule has 1 nitrogen and oxygen atoms in total. The van der Waals surface area contributed by atoms with Crippen LogP contribution in [-0.4, -0.2) is 7.05 Å². The van der Waals surface area contributed by atoms with E-state index in [1.54, 1.807) is 6.07 Å². The van der Waals surface area contributed by atoms with Crippen LogP contribution >= 0.6 is 23.2 Å². The summed E-state index contributed by atoms with van der Waals surface area (Å²) in [5, 5.41) is 4.43. The first kappa shape index (κ1) is 14.3. The van der Waals surface area contributed by atoms with Crippen molar-refractivity contribution in [3.05, 3.63) is 69.5 Å². The zero-order valence-electron chi connectivity index (χ0n) is 10.5. The Kier molecular flexibility index (Phi) is 4.81. The topological polar surface area (TPSA) is 12.0 Å². The van der Waals surface area contributed by atoms with E-state index in [2.05, 4.69) is 5.32 Å². The molecule has 100 valence electrons. The van der Waals surface area contributed by atoms with Crippen LogP contribution in [0.5, 0.6) is 0 Å². The van der Waals surface area contributed by atoms with Gasteiger partial charge in [-0.15, -0.1) is 0 Å². The second kappa shape index (κ2) is 6.38. The molecule has 0 saturated carbocycles. The fraction of sp³-hybridized carbons (Fsp3) is 0.200. The first-order chi connectivity index (χ1) is 9.10. The largest absolute Gasteiger partial charge is 0.313 e. The number of likely N-dealkylation sites (N-methyl/N-ethyl adjacent to an activating group) is 1. The standard InChI is InChI=1S/C15H14Cl2FN/c1-19-15(8-10-2-4-11(16)5-3-10)13-9-12(18)6-7-14(13)17/h2-7,9,15,19H,8H2,1H3. The van der Waals surface area contributed by atoms with E-state index in [9.17, 15) is 4.39 Å². The van der Waals surface area contributed by atoms with Crippen LogP contribution in [0.4, 0.5) is 4.39 Å². The Balaban J connectivity index is 2.24. The van der Waals surface area contributed by atoms with Crippen molar-refractivity contribution in [3.8, 4) is 0 Å². The summed E-state index contributed by atoms with van der Waals surface area (Å²) in [5.41, 5.74) is 1.88. The zero-order chi connectivity index (χ0) is 13.8. The molecule has 0 aliphatic carbocycles. The maximum absolute atomic E-state index is 13.3. The summed E-state index contributed by atoms with van der Waals surface area (Å²) in [6.07, 6.45) is 0.719. The van der Waals surface area contributed by atoms with Crippen molar-refractivity contribution >= 4 is 23.2 Å². The smallest absolute Gasteiger partial charge is 0.123 e. The van der Waals surface area contributed by atoms with Gasteiger partial charge in [-0.05, 0) is 54.9 Å². The van der Waals surface area contributed by atoms with Gasteiger partial charge in [-0.3, -0.25) is 0 Å². The zero-order valence-corrected chi connectivity index (χ0v) is 12.0. The SMILES string of the molecule is CNC(Cc1ccc(Cl)cc1)c1cc(F)ccc1Cl. The minimum absolute atomic E-state index is 0.0376. The average molecular weight is 298 g/mol. The van der Waals surface area contributed by atoms with Crippen LogP contribution in [0.1, 0.15) is 17.2 Å². The third kappa shape index (κ3) is 3.69. The van der Waals surface area contributed by atoms with Gasteiger partial charge < -0.3 is 5.32 Å². The number of rotatable bonds is 4. The molecule has 0 spiro atoms. The van der Waals surface area contributed by atoms with E-state index in [0.29, 0.717) is 10.0 Å². The van der Waals surface area contributed by atoms with E-state index in [1.807, 2.05) is 31.3 Å². The number of hydrogen-bond donors (Lipinski definition) is 1. The lowest BCUT2D eigenvalue weighted by Crippen LogP contribution is -2.19. The number of hydrogen-bond acceptors (Lipinski definition) is 1. The highest BCUT2D eigenvalue weighted by Gasteiger charge is 2.14. The molecular weight excluding hydrogens is 284 g/mol. The molecule has 0 radical (unpaired) electrons. The van der Waals surface area contributed by atoms with E-state index >= 15 is 0 Å². The van der Waals surface area contributed by atoms with Crippen molar-refractivity contribution in [2.45, 2.75) is 12.5 Å². The lowest BCUT2D eigenvalue weighted by atomic mass is 9.99. The van der Waals surface area contributed by atoms with Crippen molar-refractivity contribution < 1.29 is 4.39 Å². The average Bonchev–Trinajstić information content (AvgIpc) is 2.41. The molecule has 0 fully saturated rings. The molecule has 0 amide bonds. The van der Waals surface area contributed by atoms with Crippen molar-refractivity contribution in [1.82, 2.24) is 5.32 Å². The summed E-state index contributed by atoms with van der Waals surface area (Å²) in [4.78, 5) is 0. The molecule has 0 aromatic heterocycles. The van der Waals surface area contributed by atoms with Crippen LogP contribution < -0.4 is 5.32 Å². The number of benzene rings is 2. The van der Waals surface area contributed by atoms with Crippen LogP contribution in [0, 0.1) is 5.82 Å². The van der Waals surface area contributed by atoms with E-state index in [0.717, 1.165) is 17.5 Å². The molecule has 4 heteroatoms. The summed E-state index contributed by atoms with van der Waals surface area (Å²) in [6, 6.07) is 12.0. The van der Waals surface area contributed by atoms with Gasteiger partial charge in [0, 0.05) is 16.1 Å². The molecule has 1 N–H and O–H groups in total. The maximum atomic E-state index is 13.3. The predicted molar refractivity (Wildman–Crippen MR) is 78.4 cm³/mol. The molecule has 1 unspecified atom stereocenters. The Morgan fingerprint density at radius 1 is 1.11 bits per heavy atom.